The molecule has 0 radical (unpaired) electrons. The highest BCUT2D eigenvalue weighted by Gasteiger charge is 2.21. The summed E-state index contributed by atoms with van der Waals surface area (Å²) in [4.78, 5) is 11.8. The molecule has 0 saturated heterocycles. The summed E-state index contributed by atoms with van der Waals surface area (Å²) in [6.45, 7) is 4.54. The number of nitrogens with one attached hydrogen (secondary N) is 1. The predicted octanol–water partition coefficient (Wildman–Crippen LogP) is 2.35. The van der Waals surface area contributed by atoms with E-state index in [9.17, 15) is 9.90 Å². The van der Waals surface area contributed by atoms with Gasteiger partial charge in [-0.05, 0) is 49.4 Å². The summed E-state index contributed by atoms with van der Waals surface area (Å²) in [6.07, 6.45) is 2.82. The summed E-state index contributed by atoms with van der Waals surface area (Å²) < 4.78 is 5.67. The molecule has 1 aliphatic rings. The minimum Gasteiger partial charge on any atom is -0.481 e. The first-order chi connectivity index (χ1) is 9.61. The van der Waals surface area contributed by atoms with E-state index in [1.807, 2.05) is 18.2 Å². The van der Waals surface area contributed by atoms with Gasteiger partial charge in [-0.3, -0.25) is 4.79 Å². The average Bonchev–Trinajstić information content (AvgIpc) is 2.80. The average molecular weight is 277 g/mol. The number of aliphatic hydroxyl groups excluding tert-OH is 1. The van der Waals surface area contributed by atoms with Crippen LogP contribution in [0.3, 0.4) is 0 Å². The van der Waals surface area contributed by atoms with Crippen molar-refractivity contribution in [2.45, 2.75) is 51.7 Å². The van der Waals surface area contributed by atoms with Crippen molar-refractivity contribution in [3.63, 3.8) is 0 Å². The van der Waals surface area contributed by atoms with Crippen LogP contribution >= 0.6 is 0 Å². The molecule has 4 nitrogen and oxygen atoms in total. The molecule has 2 atom stereocenters. The van der Waals surface area contributed by atoms with Crippen molar-refractivity contribution in [2.75, 3.05) is 6.54 Å². The molecule has 2 N–H and O–H groups in total. The lowest BCUT2D eigenvalue weighted by atomic mass is 10.1. The molecule has 0 heterocycles. The van der Waals surface area contributed by atoms with Crippen molar-refractivity contribution in [2.24, 2.45) is 0 Å². The number of ether oxygens (including phenoxy) is 1. The van der Waals surface area contributed by atoms with Crippen molar-refractivity contribution in [3.8, 4) is 5.75 Å². The van der Waals surface area contributed by atoms with Crippen LogP contribution in [0.25, 0.3) is 0 Å². The van der Waals surface area contributed by atoms with E-state index in [0.717, 1.165) is 36.8 Å². The monoisotopic (exact) mass is 277 g/mol. The van der Waals surface area contributed by atoms with Gasteiger partial charge < -0.3 is 15.2 Å². The Morgan fingerprint density at radius 1 is 1.55 bits per heavy atom. The SMILES string of the molecule is CCCCNC(=O)C(C)Oc1ccc2c(c1)CC[C@@H]2O. The maximum absolute atomic E-state index is 11.8. The van der Waals surface area contributed by atoms with Gasteiger partial charge in [-0.15, -0.1) is 0 Å². The molecule has 20 heavy (non-hydrogen) atoms. The van der Waals surface area contributed by atoms with Gasteiger partial charge in [-0.25, -0.2) is 0 Å². The zero-order valence-corrected chi connectivity index (χ0v) is 12.2. The molecule has 1 aliphatic carbocycles. The molecular formula is C16H23NO3. The van der Waals surface area contributed by atoms with E-state index >= 15 is 0 Å². The molecule has 0 fully saturated rings. The van der Waals surface area contributed by atoms with E-state index in [2.05, 4.69) is 12.2 Å². The van der Waals surface area contributed by atoms with Gasteiger partial charge in [0.25, 0.3) is 5.91 Å². The maximum atomic E-state index is 11.8. The topological polar surface area (TPSA) is 58.6 Å². The number of fused-ring (bicyclic) bond motifs is 1. The van der Waals surface area contributed by atoms with Crippen molar-refractivity contribution in [1.82, 2.24) is 5.32 Å². The van der Waals surface area contributed by atoms with Gasteiger partial charge >= 0.3 is 0 Å². The lowest BCUT2D eigenvalue weighted by Gasteiger charge is -2.15. The Labute approximate surface area is 120 Å². The summed E-state index contributed by atoms with van der Waals surface area (Å²) in [5.41, 5.74) is 2.10. The lowest BCUT2D eigenvalue weighted by Crippen LogP contribution is -2.36. The molecule has 110 valence electrons. The summed E-state index contributed by atoms with van der Waals surface area (Å²) in [7, 11) is 0. The molecule has 0 spiro atoms. The number of hydrogen-bond acceptors (Lipinski definition) is 3. The molecular weight excluding hydrogens is 254 g/mol. The van der Waals surface area contributed by atoms with Crippen LogP contribution in [0.2, 0.25) is 0 Å². The van der Waals surface area contributed by atoms with E-state index in [0.29, 0.717) is 12.3 Å². The summed E-state index contributed by atoms with van der Waals surface area (Å²) in [6, 6.07) is 5.65. The van der Waals surface area contributed by atoms with Crippen molar-refractivity contribution < 1.29 is 14.6 Å². The predicted molar refractivity (Wildman–Crippen MR) is 77.7 cm³/mol. The number of hydrogen-bond donors (Lipinski definition) is 2. The first-order valence-corrected chi connectivity index (χ1v) is 7.37. The van der Waals surface area contributed by atoms with Crippen LogP contribution in [0.1, 0.15) is 50.3 Å². The normalized spacial score (nSPS) is 18.4. The molecule has 1 aromatic rings. The Morgan fingerprint density at radius 3 is 3.10 bits per heavy atom. The molecule has 0 bridgehead atoms. The molecule has 2 rings (SSSR count). The van der Waals surface area contributed by atoms with E-state index in [-0.39, 0.29) is 12.0 Å². The zero-order valence-electron chi connectivity index (χ0n) is 12.2. The van der Waals surface area contributed by atoms with Crippen LogP contribution in [0.4, 0.5) is 0 Å². The molecule has 0 saturated carbocycles. The molecule has 0 aliphatic heterocycles. The molecule has 1 unspecified atom stereocenters. The third-order valence-corrected chi connectivity index (χ3v) is 3.67. The van der Waals surface area contributed by atoms with Crippen LogP contribution in [-0.4, -0.2) is 23.7 Å². The van der Waals surface area contributed by atoms with Gasteiger partial charge in [-0.2, -0.15) is 0 Å². The van der Waals surface area contributed by atoms with Crippen molar-refractivity contribution in [3.05, 3.63) is 29.3 Å². The zero-order chi connectivity index (χ0) is 14.5. The molecule has 0 aromatic heterocycles. The van der Waals surface area contributed by atoms with Crippen molar-refractivity contribution >= 4 is 5.91 Å². The van der Waals surface area contributed by atoms with Gasteiger partial charge in [0.1, 0.15) is 5.75 Å². The lowest BCUT2D eigenvalue weighted by molar-refractivity contribution is -0.127. The van der Waals surface area contributed by atoms with Crippen molar-refractivity contribution in [1.29, 1.82) is 0 Å². The largest absolute Gasteiger partial charge is 0.481 e. The minimum atomic E-state index is -0.503. The van der Waals surface area contributed by atoms with Gasteiger partial charge in [0.05, 0.1) is 6.10 Å². The highest BCUT2D eigenvalue weighted by Crippen LogP contribution is 2.33. The van der Waals surface area contributed by atoms with Crippen LogP contribution in [0.5, 0.6) is 5.75 Å². The second-order valence-corrected chi connectivity index (χ2v) is 5.32. The fourth-order valence-corrected chi connectivity index (χ4v) is 2.43. The number of aryl methyl sites for hydroxylation is 1. The Hall–Kier alpha value is -1.55. The molecule has 1 amide bonds. The Kier molecular flexibility index (Phi) is 5.01. The first-order valence-electron chi connectivity index (χ1n) is 7.37. The van der Waals surface area contributed by atoms with E-state index in [1.165, 1.54) is 0 Å². The standard InChI is InChI=1S/C16H23NO3/c1-3-4-9-17-16(19)11(2)20-13-6-7-14-12(10-13)5-8-15(14)18/h6-7,10-11,15,18H,3-5,8-9H2,1-2H3,(H,17,19)/t11?,15-/m0/s1. The number of benzene rings is 1. The second kappa shape index (κ2) is 6.75. The third-order valence-electron chi connectivity index (χ3n) is 3.67. The summed E-state index contributed by atoms with van der Waals surface area (Å²) >= 11 is 0. The Morgan fingerprint density at radius 2 is 2.35 bits per heavy atom. The third kappa shape index (κ3) is 3.51. The Balaban J connectivity index is 1.91. The number of aliphatic hydroxyl groups is 1. The van der Waals surface area contributed by atoms with Gasteiger partial charge in [0, 0.05) is 6.54 Å². The number of carbonyl (C=O) groups is 1. The van der Waals surface area contributed by atoms with Gasteiger partial charge in [0.15, 0.2) is 6.10 Å². The quantitative estimate of drug-likeness (QED) is 0.785. The minimum absolute atomic E-state index is 0.0843. The number of carbonyl (C=O) groups excluding carboxylic acids is 1. The van der Waals surface area contributed by atoms with Gasteiger partial charge in [0.2, 0.25) is 0 Å². The highest BCUT2D eigenvalue weighted by molar-refractivity contribution is 5.80. The van der Waals surface area contributed by atoms with E-state index in [1.54, 1.807) is 6.92 Å². The summed E-state index contributed by atoms with van der Waals surface area (Å²) in [5, 5.41) is 12.6. The number of rotatable bonds is 6. The number of unbranched alkanes of at least 4 members (excludes halogenated alkanes) is 1. The van der Waals surface area contributed by atoms with Gasteiger partial charge in [-0.1, -0.05) is 19.4 Å². The second-order valence-electron chi connectivity index (χ2n) is 5.32. The van der Waals surface area contributed by atoms with Crippen LogP contribution < -0.4 is 10.1 Å². The van der Waals surface area contributed by atoms with E-state index in [4.69, 9.17) is 4.74 Å². The van der Waals surface area contributed by atoms with Crippen LogP contribution in [-0.2, 0) is 11.2 Å². The molecule has 1 aromatic carbocycles. The smallest absolute Gasteiger partial charge is 0.260 e. The fraction of sp³-hybridized carbons (Fsp3) is 0.562. The first kappa shape index (κ1) is 14.9. The van der Waals surface area contributed by atoms with Crippen LogP contribution in [0.15, 0.2) is 18.2 Å². The van der Waals surface area contributed by atoms with E-state index < -0.39 is 6.10 Å². The highest BCUT2D eigenvalue weighted by atomic mass is 16.5. The van der Waals surface area contributed by atoms with Crippen LogP contribution in [0, 0.1) is 0 Å². The number of amides is 1. The summed E-state index contributed by atoms with van der Waals surface area (Å²) in [5.74, 6) is 0.606. The maximum Gasteiger partial charge on any atom is 0.260 e. The Bertz CT molecular complexity index is 473. The molecule has 4 heteroatoms. The fourth-order valence-electron chi connectivity index (χ4n) is 2.43.